The molecule has 3 aliphatic heterocycles. The minimum Gasteiger partial charge on any atom is -0.477 e. The van der Waals surface area contributed by atoms with Gasteiger partial charge in [0.25, 0.3) is 0 Å². The van der Waals surface area contributed by atoms with Crippen LogP contribution in [0, 0.1) is 0 Å². The summed E-state index contributed by atoms with van der Waals surface area (Å²) in [6.45, 7) is 0.665. The zero-order valence-electron chi connectivity index (χ0n) is 8.76. The number of carbonyl (C=O) groups excluding carboxylic acids is 1. The van der Waals surface area contributed by atoms with E-state index in [2.05, 4.69) is 15.9 Å². The number of fused-ring (bicyclic) bond motifs is 1. The van der Waals surface area contributed by atoms with E-state index >= 15 is 0 Å². The average Bonchev–Trinajstić information content (AvgIpc) is 2.93. The second-order valence-electron chi connectivity index (χ2n) is 4.14. The van der Waals surface area contributed by atoms with Crippen molar-refractivity contribution in [2.45, 2.75) is 29.1 Å². The molecule has 2 saturated heterocycles. The number of carboxylic acids is 1. The minimum absolute atomic E-state index is 0.118. The van der Waals surface area contributed by atoms with Crippen LogP contribution < -0.4 is 0 Å². The molecule has 0 aromatic heterocycles. The van der Waals surface area contributed by atoms with Crippen LogP contribution in [0.2, 0.25) is 0 Å². The fourth-order valence-electron chi connectivity index (χ4n) is 2.30. The lowest BCUT2D eigenvalue weighted by Crippen LogP contribution is -2.58. The third-order valence-electron chi connectivity index (χ3n) is 3.12. The first-order valence-corrected chi connectivity index (χ1v) is 7.13. The topological polar surface area (TPSA) is 66.8 Å². The third-order valence-corrected chi connectivity index (χ3v) is 5.80. The molecule has 17 heavy (non-hydrogen) atoms. The number of carbonyl (C=O) groups is 2. The summed E-state index contributed by atoms with van der Waals surface area (Å²) < 4.78 is 5.52. The maximum atomic E-state index is 11.6. The lowest BCUT2D eigenvalue weighted by molar-refractivity contribution is -0.144. The number of halogens is 1. The number of alkyl halides is 1. The van der Waals surface area contributed by atoms with Gasteiger partial charge in [0.2, 0.25) is 5.91 Å². The second-order valence-corrected chi connectivity index (χ2v) is 6.28. The van der Waals surface area contributed by atoms with Crippen molar-refractivity contribution in [3.8, 4) is 0 Å². The van der Waals surface area contributed by atoms with E-state index in [0.29, 0.717) is 11.5 Å². The van der Waals surface area contributed by atoms with E-state index in [0.717, 1.165) is 12.8 Å². The predicted octanol–water partition coefficient (Wildman–Crippen LogP) is 1.14. The minimum atomic E-state index is -1.04. The third kappa shape index (κ3) is 1.56. The number of ether oxygens (including phenoxy) is 1. The van der Waals surface area contributed by atoms with Crippen molar-refractivity contribution in [1.29, 1.82) is 0 Å². The molecule has 0 radical (unpaired) electrons. The number of aliphatic carboxylic acids is 1. The summed E-state index contributed by atoms with van der Waals surface area (Å²) in [4.78, 5) is 24.7. The van der Waals surface area contributed by atoms with Crippen molar-refractivity contribution >= 4 is 39.6 Å². The first-order chi connectivity index (χ1) is 8.11. The van der Waals surface area contributed by atoms with E-state index in [9.17, 15) is 14.7 Å². The highest BCUT2D eigenvalue weighted by molar-refractivity contribution is 9.10. The number of carboxylic acid groups (broad SMARTS) is 1. The van der Waals surface area contributed by atoms with Gasteiger partial charge in [0, 0.05) is 11.5 Å². The largest absolute Gasteiger partial charge is 0.477 e. The summed E-state index contributed by atoms with van der Waals surface area (Å²) in [6.07, 6.45) is 1.63. The molecule has 0 bridgehead atoms. The Hall–Kier alpha value is -0.530. The molecule has 7 heteroatoms. The van der Waals surface area contributed by atoms with Crippen molar-refractivity contribution in [2.24, 2.45) is 0 Å². The molecule has 0 spiro atoms. The zero-order chi connectivity index (χ0) is 12.2. The fraction of sp³-hybridized carbons (Fsp3) is 0.600. The van der Waals surface area contributed by atoms with Crippen LogP contribution in [-0.4, -0.2) is 44.8 Å². The van der Waals surface area contributed by atoms with Gasteiger partial charge < -0.3 is 9.84 Å². The Bertz CT molecular complexity index is 432. The molecule has 0 saturated carbocycles. The van der Waals surface area contributed by atoms with Gasteiger partial charge in [-0.15, -0.1) is 0 Å². The number of β-lactam (4-membered cyclic amide) rings is 1. The van der Waals surface area contributed by atoms with E-state index in [1.165, 1.54) is 16.7 Å². The number of thioether (sulfide) groups is 1. The summed E-state index contributed by atoms with van der Waals surface area (Å²) in [7, 11) is 0. The molecule has 1 N–H and O–H groups in total. The van der Waals surface area contributed by atoms with Crippen LogP contribution in [0.5, 0.6) is 0 Å². The van der Waals surface area contributed by atoms with Crippen molar-refractivity contribution in [2.75, 3.05) is 6.61 Å². The Kier molecular flexibility index (Phi) is 2.72. The van der Waals surface area contributed by atoms with Gasteiger partial charge in [-0.1, -0.05) is 27.7 Å². The normalized spacial score (nSPS) is 36.2. The first-order valence-electron chi connectivity index (χ1n) is 5.34. The Balaban J connectivity index is 1.95. The maximum absolute atomic E-state index is 11.6. The smallest absolute Gasteiger partial charge is 0.353 e. The summed E-state index contributed by atoms with van der Waals surface area (Å²) in [5, 5.41) is 9.12. The average molecular weight is 320 g/mol. The lowest BCUT2D eigenvalue weighted by atomic mass is 10.1. The van der Waals surface area contributed by atoms with E-state index in [1.54, 1.807) is 0 Å². The van der Waals surface area contributed by atoms with Gasteiger partial charge in [-0.2, -0.15) is 0 Å². The van der Waals surface area contributed by atoms with Crippen molar-refractivity contribution in [1.82, 2.24) is 4.90 Å². The molecule has 92 valence electrons. The van der Waals surface area contributed by atoms with Crippen molar-refractivity contribution < 1.29 is 19.4 Å². The second kappa shape index (κ2) is 4.00. The molecule has 3 atom stereocenters. The Morgan fingerprint density at radius 3 is 2.94 bits per heavy atom. The highest BCUT2D eigenvalue weighted by Gasteiger charge is 2.56. The van der Waals surface area contributed by atoms with Crippen LogP contribution in [-0.2, 0) is 14.3 Å². The molecule has 0 unspecified atom stereocenters. The maximum Gasteiger partial charge on any atom is 0.353 e. The number of amides is 1. The number of hydrogen-bond acceptors (Lipinski definition) is 4. The highest BCUT2D eigenvalue weighted by atomic mass is 79.9. The zero-order valence-corrected chi connectivity index (χ0v) is 11.2. The Labute approximate surface area is 110 Å². The van der Waals surface area contributed by atoms with Gasteiger partial charge in [0.15, 0.2) is 0 Å². The fourth-order valence-corrected chi connectivity index (χ4v) is 4.53. The van der Waals surface area contributed by atoms with Gasteiger partial charge in [0.1, 0.15) is 15.9 Å². The van der Waals surface area contributed by atoms with E-state index in [1.807, 2.05) is 0 Å². The van der Waals surface area contributed by atoms with Crippen molar-refractivity contribution in [3.05, 3.63) is 10.6 Å². The molecule has 0 aliphatic carbocycles. The van der Waals surface area contributed by atoms with E-state index in [-0.39, 0.29) is 27.9 Å². The lowest BCUT2D eigenvalue weighted by Gasteiger charge is -2.38. The van der Waals surface area contributed by atoms with Crippen molar-refractivity contribution in [3.63, 3.8) is 0 Å². The first kappa shape index (κ1) is 11.6. The van der Waals surface area contributed by atoms with Crippen LogP contribution in [0.15, 0.2) is 10.6 Å². The molecule has 3 rings (SSSR count). The number of hydrogen-bond donors (Lipinski definition) is 1. The van der Waals surface area contributed by atoms with Gasteiger partial charge in [-0.3, -0.25) is 9.69 Å². The summed E-state index contributed by atoms with van der Waals surface area (Å²) in [5.74, 6) is -1.22. The summed E-state index contributed by atoms with van der Waals surface area (Å²) in [5.41, 5.74) is 0.118. The quantitative estimate of drug-likeness (QED) is 0.610. The van der Waals surface area contributed by atoms with Gasteiger partial charge >= 0.3 is 5.97 Å². The molecular weight excluding hydrogens is 310 g/mol. The van der Waals surface area contributed by atoms with Crippen LogP contribution >= 0.6 is 27.7 Å². The van der Waals surface area contributed by atoms with Crippen LogP contribution in [0.4, 0.5) is 0 Å². The molecule has 3 aliphatic rings. The van der Waals surface area contributed by atoms with Crippen LogP contribution in [0.1, 0.15) is 12.8 Å². The van der Waals surface area contributed by atoms with Gasteiger partial charge in [-0.25, -0.2) is 4.79 Å². The SMILES string of the molecule is O=C(O)C1=C([C@H]2CCCO2)S[C@@H]2[C@@H](Br)C(=O)N12. The van der Waals surface area contributed by atoms with Gasteiger partial charge in [0.05, 0.1) is 6.10 Å². The molecule has 3 heterocycles. The molecule has 5 nitrogen and oxygen atoms in total. The van der Waals surface area contributed by atoms with E-state index in [4.69, 9.17) is 4.74 Å². The Morgan fingerprint density at radius 1 is 1.59 bits per heavy atom. The summed E-state index contributed by atoms with van der Waals surface area (Å²) >= 11 is 4.71. The van der Waals surface area contributed by atoms with Crippen LogP contribution in [0.3, 0.4) is 0 Å². The number of nitrogens with zero attached hydrogens (tertiary/aromatic N) is 1. The highest BCUT2D eigenvalue weighted by Crippen LogP contribution is 2.51. The molecule has 0 aromatic carbocycles. The molecule has 2 fully saturated rings. The molecule has 0 aromatic rings. The standard InChI is InChI=1S/C10H10BrNO4S/c11-5-8(13)12-6(10(14)15)7(17-9(5)12)4-2-1-3-16-4/h4-5,9H,1-3H2,(H,14,15)/t4-,5+,9-/m1/s1. The molecule has 1 amide bonds. The predicted molar refractivity (Wildman–Crippen MR) is 64.6 cm³/mol. The Morgan fingerprint density at radius 2 is 2.35 bits per heavy atom. The van der Waals surface area contributed by atoms with Crippen LogP contribution in [0.25, 0.3) is 0 Å². The van der Waals surface area contributed by atoms with Gasteiger partial charge in [-0.05, 0) is 12.8 Å². The monoisotopic (exact) mass is 319 g/mol. The molecular formula is C10H10BrNO4S. The number of rotatable bonds is 2. The summed E-state index contributed by atoms with van der Waals surface area (Å²) in [6, 6.07) is 0. The van der Waals surface area contributed by atoms with E-state index < -0.39 is 5.97 Å².